The highest BCUT2D eigenvalue weighted by Crippen LogP contribution is 2.30. The predicted octanol–water partition coefficient (Wildman–Crippen LogP) is 4.22. The molecule has 2 aromatic carbocycles. The number of hydrogen-bond acceptors (Lipinski definition) is 4. The van der Waals surface area contributed by atoms with E-state index in [4.69, 9.17) is 4.74 Å². The van der Waals surface area contributed by atoms with Crippen LogP contribution in [0.3, 0.4) is 0 Å². The first-order valence-corrected chi connectivity index (χ1v) is 9.09. The van der Waals surface area contributed by atoms with Gasteiger partial charge in [0.2, 0.25) is 0 Å². The quantitative estimate of drug-likeness (QED) is 0.566. The van der Waals surface area contributed by atoms with Crippen LogP contribution in [0.5, 0.6) is 11.5 Å². The minimum atomic E-state index is -2.88. The van der Waals surface area contributed by atoms with E-state index < -0.39 is 6.61 Å². The molecule has 0 saturated carbocycles. The zero-order valence-electron chi connectivity index (χ0n) is 15.6. The summed E-state index contributed by atoms with van der Waals surface area (Å²) in [5.74, 6) is 0.369. The Labute approximate surface area is 162 Å². The number of nitrogens with zero attached hydrogens (tertiary/aromatic N) is 2. The van der Waals surface area contributed by atoms with Crippen molar-refractivity contribution in [3.8, 4) is 11.5 Å². The van der Waals surface area contributed by atoms with Gasteiger partial charge < -0.3 is 19.4 Å². The van der Waals surface area contributed by atoms with E-state index in [2.05, 4.69) is 27.2 Å². The lowest BCUT2D eigenvalue weighted by Crippen LogP contribution is -2.15. The topological polar surface area (TPSA) is 48.3 Å². The van der Waals surface area contributed by atoms with Crippen molar-refractivity contribution in [2.75, 3.05) is 6.61 Å². The summed E-state index contributed by atoms with van der Waals surface area (Å²) in [6, 6.07) is 13.2. The van der Waals surface area contributed by atoms with Crippen molar-refractivity contribution in [1.29, 1.82) is 0 Å². The van der Waals surface area contributed by atoms with Crippen LogP contribution in [0.4, 0.5) is 8.78 Å². The number of aromatic nitrogens is 2. The molecule has 1 N–H and O–H groups in total. The first-order chi connectivity index (χ1) is 13.7. The second-order valence-electron chi connectivity index (χ2n) is 6.20. The van der Waals surface area contributed by atoms with Crippen molar-refractivity contribution in [3.05, 3.63) is 77.9 Å². The zero-order chi connectivity index (χ0) is 19.8. The van der Waals surface area contributed by atoms with Crippen LogP contribution in [0.25, 0.3) is 0 Å². The second-order valence-corrected chi connectivity index (χ2v) is 6.20. The highest BCUT2D eigenvalue weighted by molar-refractivity contribution is 5.43. The molecule has 0 unspecified atom stereocenters. The van der Waals surface area contributed by atoms with Crippen molar-refractivity contribution in [1.82, 2.24) is 14.9 Å². The van der Waals surface area contributed by atoms with Crippen LogP contribution in [0.1, 0.15) is 23.6 Å². The molecule has 1 heterocycles. The summed E-state index contributed by atoms with van der Waals surface area (Å²) in [4.78, 5) is 4.08. The minimum Gasteiger partial charge on any atom is -0.490 e. The summed E-state index contributed by atoms with van der Waals surface area (Å²) in [5, 5.41) is 3.40. The molecule has 0 spiro atoms. The molecule has 0 aliphatic rings. The number of nitrogens with one attached hydrogen (secondary N) is 1. The van der Waals surface area contributed by atoms with Crippen molar-refractivity contribution in [2.45, 2.75) is 33.2 Å². The Bertz CT molecular complexity index is 870. The minimum absolute atomic E-state index is 0.0475. The van der Waals surface area contributed by atoms with Gasteiger partial charge in [0.1, 0.15) is 0 Å². The third-order valence-electron chi connectivity index (χ3n) is 4.20. The van der Waals surface area contributed by atoms with E-state index in [0.29, 0.717) is 25.4 Å². The van der Waals surface area contributed by atoms with Crippen LogP contribution in [-0.2, 0) is 19.6 Å². The Morgan fingerprint density at radius 3 is 2.61 bits per heavy atom. The molecule has 0 aliphatic carbocycles. The molecule has 28 heavy (non-hydrogen) atoms. The summed E-state index contributed by atoms with van der Waals surface area (Å²) in [5.41, 5.74) is 3.33. The van der Waals surface area contributed by atoms with E-state index in [-0.39, 0.29) is 5.75 Å². The Balaban J connectivity index is 1.63. The number of hydrogen-bond donors (Lipinski definition) is 1. The number of ether oxygens (including phenoxy) is 2. The standard InChI is InChI=1S/C21H23F2N3O2/c1-2-27-20-11-16(7-8-19(20)28-21(22)23)12-25-13-17-5-3-4-6-18(17)14-26-10-9-24-15-26/h3-11,15,21,25H,2,12-14H2,1H3. The van der Waals surface area contributed by atoms with Gasteiger partial charge in [-0.3, -0.25) is 0 Å². The third kappa shape index (κ3) is 5.53. The van der Waals surface area contributed by atoms with Gasteiger partial charge in [0.25, 0.3) is 0 Å². The third-order valence-corrected chi connectivity index (χ3v) is 4.20. The Morgan fingerprint density at radius 1 is 1.07 bits per heavy atom. The molecule has 3 rings (SSSR count). The molecule has 0 radical (unpaired) electrons. The molecule has 5 nitrogen and oxygen atoms in total. The van der Waals surface area contributed by atoms with Crippen molar-refractivity contribution < 1.29 is 18.3 Å². The molecule has 0 amide bonds. The molecule has 1 aromatic heterocycles. The lowest BCUT2D eigenvalue weighted by atomic mass is 10.1. The lowest BCUT2D eigenvalue weighted by Gasteiger charge is -2.14. The first kappa shape index (κ1) is 19.8. The Kier molecular flexibility index (Phi) is 6.97. The second kappa shape index (κ2) is 9.85. The molecular weight excluding hydrogens is 364 g/mol. The maximum Gasteiger partial charge on any atom is 0.387 e. The molecule has 7 heteroatoms. The maximum atomic E-state index is 12.5. The highest BCUT2D eigenvalue weighted by Gasteiger charge is 2.11. The molecule has 0 fully saturated rings. The van der Waals surface area contributed by atoms with E-state index in [1.165, 1.54) is 17.2 Å². The molecular formula is C21H23F2N3O2. The average Bonchev–Trinajstić information content (AvgIpc) is 3.18. The summed E-state index contributed by atoms with van der Waals surface area (Å²) in [7, 11) is 0. The van der Waals surface area contributed by atoms with Gasteiger partial charge in [0.05, 0.1) is 12.9 Å². The van der Waals surface area contributed by atoms with E-state index >= 15 is 0 Å². The fraction of sp³-hybridized carbons (Fsp3) is 0.286. The van der Waals surface area contributed by atoms with Gasteiger partial charge in [-0.1, -0.05) is 30.3 Å². The van der Waals surface area contributed by atoms with Crippen LogP contribution in [0.15, 0.2) is 61.2 Å². The summed E-state index contributed by atoms with van der Waals surface area (Å²) >= 11 is 0. The van der Waals surface area contributed by atoms with Crippen molar-refractivity contribution >= 4 is 0 Å². The van der Waals surface area contributed by atoms with Crippen LogP contribution < -0.4 is 14.8 Å². The number of rotatable bonds is 10. The maximum absolute atomic E-state index is 12.5. The zero-order valence-corrected chi connectivity index (χ0v) is 15.6. The SMILES string of the molecule is CCOc1cc(CNCc2ccccc2Cn2ccnc2)ccc1OC(F)F. The normalized spacial score (nSPS) is 11.0. The summed E-state index contributed by atoms with van der Waals surface area (Å²) in [6.45, 7) is 1.31. The van der Waals surface area contributed by atoms with Gasteiger partial charge in [0.15, 0.2) is 11.5 Å². The fourth-order valence-corrected chi connectivity index (χ4v) is 2.93. The van der Waals surface area contributed by atoms with Gasteiger partial charge in [-0.25, -0.2) is 4.98 Å². The smallest absolute Gasteiger partial charge is 0.387 e. The molecule has 0 bridgehead atoms. The van der Waals surface area contributed by atoms with Gasteiger partial charge in [-0.05, 0) is 35.7 Å². The van der Waals surface area contributed by atoms with Crippen LogP contribution in [0.2, 0.25) is 0 Å². The molecule has 0 aliphatic heterocycles. The van der Waals surface area contributed by atoms with Crippen LogP contribution >= 0.6 is 0 Å². The highest BCUT2D eigenvalue weighted by atomic mass is 19.3. The van der Waals surface area contributed by atoms with E-state index in [1.807, 2.05) is 22.9 Å². The Hall–Kier alpha value is -2.93. The Morgan fingerprint density at radius 2 is 1.89 bits per heavy atom. The van der Waals surface area contributed by atoms with Crippen LogP contribution in [-0.4, -0.2) is 22.8 Å². The van der Waals surface area contributed by atoms with Gasteiger partial charge in [-0.15, -0.1) is 0 Å². The predicted molar refractivity (Wildman–Crippen MR) is 103 cm³/mol. The molecule has 3 aromatic rings. The monoisotopic (exact) mass is 387 g/mol. The summed E-state index contributed by atoms with van der Waals surface area (Å²) < 4.78 is 37.0. The van der Waals surface area contributed by atoms with Crippen molar-refractivity contribution in [2.24, 2.45) is 0 Å². The summed E-state index contributed by atoms with van der Waals surface area (Å²) in [6.07, 6.45) is 5.49. The molecule has 0 atom stereocenters. The van der Waals surface area contributed by atoms with Gasteiger partial charge in [-0.2, -0.15) is 8.78 Å². The number of imidazole rings is 1. The van der Waals surface area contributed by atoms with E-state index in [9.17, 15) is 8.78 Å². The molecule has 148 valence electrons. The van der Waals surface area contributed by atoms with Crippen LogP contribution in [0, 0.1) is 0 Å². The first-order valence-electron chi connectivity index (χ1n) is 9.09. The molecule has 0 saturated heterocycles. The van der Waals surface area contributed by atoms with Crippen molar-refractivity contribution in [3.63, 3.8) is 0 Å². The van der Waals surface area contributed by atoms with E-state index in [0.717, 1.165) is 12.1 Å². The lowest BCUT2D eigenvalue weighted by molar-refractivity contribution is -0.0514. The van der Waals surface area contributed by atoms with E-state index in [1.54, 1.807) is 31.6 Å². The fourth-order valence-electron chi connectivity index (χ4n) is 2.93. The van der Waals surface area contributed by atoms with Gasteiger partial charge >= 0.3 is 6.61 Å². The number of benzene rings is 2. The largest absolute Gasteiger partial charge is 0.490 e. The van der Waals surface area contributed by atoms with Gasteiger partial charge in [0, 0.05) is 32.0 Å². The number of alkyl halides is 2. The average molecular weight is 387 g/mol. The number of halogens is 2.